The average Bonchev–Trinajstić information content (AvgIpc) is 2.78. The summed E-state index contributed by atoms with van der Waals surface area (Å²) in [6.45, 7) is 5.96. The van der Waals surface area contributed by atoms with Crippen molar-refractivity contribution < 1.29 is 4.74 Å². The van der Waals surface area contributed by atoms with Crippen LogP contribution in [0.5, 0.6) is 0 Å². The lowest BCUT2D eigenvalue weighted by atomic mass is 9.87. The van der Waals surface area contributed by atoms with Gasteiger partial charge in [-0.05, 0) is 26.2 Å². The Balaban J connectivity index is 1.89. The summed E-state index contributed by atoms with van der Waals surface area (Å²) in [4.78, 5) is 4.59. The zero-order valence-electron chi connectivity index (χ0n) is 13.2. The predicted octanol–water partition coefficient (Wildman–Crippen LogP) is 3.61. The molecular weight excluding hydrogens is 250 g/mol. The Bertz CT molecular complexity index is 396. The summed E-state index contributed by atoms with van der Waals surface area (Å²) in [5.74, 6) is 1.90. The number of aryl methyl sites for hydroxylation is 2. The molecule has 1 aliphatic rings. The standard InChI is InChI=1S/C16H29N3O/c1-13-11-19(10-9-15-7-5-4-6-8-15)16(17-13)18-14(2)12-20-3/h11,14-15H,4-10,12H2,1-3H3,(H,17,18). The molecule has 0 aliphatic heterocycles. The van der Waals surface area contributed by atoms with E-state index in [-0.39, 0.29) is 6.04 Å². The monoisotopic (exact) mass is 279 g/mol. The first-order chi connectivity index (χ1) is 9.69. The third-order valence-electron chi connectivity index (χ3n) is 4.19. The zero-order chi connectivity index (χ0) is 14.4. The molecule has 4 nitrogen and oxygen atoms in total. The van der Waals surface area contributed by atoms with E-state index in [1.54, 1.807) is 7.11 Å². The molecule has 0 bridgehead atoms. The second kappa shape index (κ2) is 7.67. The highest BCUT2D eigenvalue weighted by Crippen LogP contribution is 2.27. The fourth-order valence-corrected chi connectivity index (χ4v) is 3.14. The van der Waals surface area contributed by atoms with E-state index in [0.717, 1.165) is 24.1 Å². The first-order valence-electron chi connectivity index (χ1n) is 7.98. The normalized spacial score (nSPS) is 18.1. The highest BCUT2D eigenvalue weighted by molar-refractivity contribution is 5.30. The van der Waals surface area contributed by atoms with Crippen molar-refractivity contribution in [2.45, 2.75) is 65.0 Å². The maximum atomic E-state index is 5.18. The van der Waals surface area contributed by atoms with Crippen LogP contribution in [0.15, 0.2) is 6.20 Å². The summed E-state index contributed by atoms with van der Waals surface area (Å²) < 4.78 is 7.45. The molecule has 0 spiro atoms. The topological polar surface area (TPSA) is 39.1 Å². The molecule has 0 amide bonds. The number of anilines is 1. The highest BCUT2D eigenvalue weighted by atomic mass is 16.5. The number of hydrogen-bond acceptors (Lipinski definition) is 3. The van der Waals surface area contributed by atoms with Gasteiger partial charge in [-0.3, -0.25) is 0 Å². The summed E-state index contributed by atoms with van der Waals surface area (Å²) >= 11 is 0. The van der Waals surface area contributed by atoms with Gasteiger partial charge in [-0.15, -0.1) is 0 Å². The van der Waals surface area contributed by atoms with E-state index in [0.29, 0.717) is 6.61 Å². The maximum Gasteiger partial charge on any atom is 0.203 e. The second-order valence-corrected chi connectivity index (χ2v) is 6.19. The molecule has 1 heterocycles. The molecule has 1 N–H and O–H groups in total. The molecule has 1 atom stereocenters. The van der Waals surface area contributed by atoms with Gasteiger partial charge in [-0.25, -0.2) is 4.98 Å². The van der Waals surface area contributed by atoms with Gasteiger partial charge in [0.15, 0.2) is 0 Å². The number of imidazole rings is 1. The number of rotatable bonds is 7. The third-order valence-corrected chi connectivity index (χ3v) is 4.19. The summed E-state index contributed by atoms with van der Waals surface area (Å²) in [5, 5.41) is 3.45. The number of hydrogen-bond donors (Lipinski definition) is 1. The minimum absolute atomic E-state index is 0.287. The zero-order valence-corrected chi connectivity index (χ0v) is 13.2. The molecule has 114 valence electrons. The number of ether oxygens (including phenoxy) is 1. The molecule has 4 heteroatoms. The van der Waals surface area contributed by atoms with E-state index < -0.39 is 0 Å². The van der Waals surface area contributed by atoms with Crippen molar-refractivity contribution in [2.24, 2.45) is 5.92 Å². The number of nitrogens with zero attached hydrogens (tertiary/aromatic N) is 2. The molecule has 2 rings (SSSR count). The van der Waals surface area contributed by atoms with E-state index in [4.69, 9.17) is 4.74 Å². The van der Waals surface area contributed by atoms with E-state index in [2.05, 4.69) is 34.9 Å². The van der Waals surface area contributed by atoms with Gasteiger partial charge in [0.1, 0.15) is 0 Å². The van der Waals surface area contributed by atoms with Gasteiger partial charge in [0.25, 0.3) is 0 Å². The van der Waals surface area contributed by atoms with Crippen molar-refractivity contribution in [3.8, 4) is 0 Å². The summed E-state index contributed by atoms with van der Waals surface area (Å²) in [7, 11) is 1.74. The Kier molecular flexibility index (Phi) is 5.89. The van der Waals surface area contributed by atoms with Crippen molar-refractivity contribution in [1.29, 1.82) is 0 Å². The minimum atomic E-state index is 0.287. The fraction of sp³-hybridized carbons (Fsp3) is 0.812. The first-order valence-corrected chi connectivity index (χ1v) is 7.98. The highest BCUT2D eigenvalue weighted by Gasteiger charge is 2.15. The van der Waals surface area contributed by atoms with Crippen LogP contribution in [0, 0.1) is 12.8 Å². The molecule has 20 heavy (non-hydrogen) atoms. The Morgan fingerprint density at radius 1 is 1.40 bits per heavy atom. The van der Waals surface area contributed by atoms with Crippen molar-refractivity contribution in [1.82, 2.24) is 9.55 Å². The van der Waals surface area contributed by atoms with Gasteiger partial charge >= 0.3 is 0 Å². The predicted molar refractivity (Wildman–Crippen MR) is 83.1 cm³/mol. The Hall–Kier alpha value is -1.03. The molecule has 0 saturated heterocycles. The van der Waals surface area contributed by atoms with Gasteiger partial charge in [0.05, 0.1) is 12.3 Å². The largest absolute Gasteiger partial charge is 0.383 e. The van der Waals surface area contributed by atoms with E-state index in [1.165, 1.54) is 38.5 Å². The Morgan fingerprint density at radius 3 is 2.85 bits per heavy atom. The van der Waals surface area contributed by atoms with Crippen LogP contribution in [0.3, 0.4) is 0 Å². The van der Waals surface area contributed by atoms with Crippen LogP contribution in [0.1, 0.15) is 51.1 Å². The third kappa shape index (κ3) is 4.51. The van der Waals surface area contributed by atoms with Crippen LogP contribution in [0.2, 0.25) is 0 Å². The van der Waals surface area contributed by atoms with E-state index in [1.807, 2.05) is 0 Å². The number of methoxy groups -OCH3 is 1. The maximum absolute atomic E-state index is 5.18. The molecule has 0 radical (unpaired) electrons. The lowest BCUT2D eigenvalue weighted by Crippen LogP contribution is -2.23. The van der Waals surface area contributed by atoms with Gasteiger partial charge in [0, 0.05) is 25.9 Å². The number of nitrogens with one attached hydrogen (secondary N) is 1. The SMILES string of the molecule is COCC(C)Nc1nc(C)cn1CCC1CCCCC1. The minimum Gasteiger partial charge on any atom is -0.383 e. The smallest absolute Gasteiger partial charge is 0.203 e. The van der Waals surface area contributed by atoms with Crippen LogP contribution in [-0.4, -0.2) is 29.3 Å². The number of aromatic nitrogens is 2. The molecule has 0 aromatic carbocycles. The fourth-order valence-electron chi connectivity index (χ4n) is 3.14. The molecular formula is C16H29N3O. The lowest BCUT2D eigenvalue weighted by Gasteiger charge is -2.22. The summed E-state index contributed by atoms with van der Waals surface area (Å²) in [6, 6.07) is 0.287. The van der Waals surface area contributed by atoms with Gasteiger partial charge in [-0.1, -0.05) is 32.1 Å². The van der Waals surface area contributed by atoms with Crippen LogP contribution in [0.4, 0.5) is 5.95 Å². The first kappa shape index (κ1) is 15.4. The van der Waals surface area contributed by atoms with Crippen molar-refractivity contribution >= 4 is 5.95 Å². The molecule has 1 aromatic rings. The average molecular weight is 279 g/mol. The van der Waals surface area contributed by atoms with Gasteiger partial charge in [0.2, 0.25) is 5.95 Å². The Labute approximate surface area is 122 Å². The quantitative estimate of drug-likeness (QED) is 0.828. The van der Waals surface area contributed by atoms with E-state index in [9.17, 15) is 0 Å². The van der Waals surface area contributed by atoms with E-state index >= 15 is 0 Å². The van der Waals surface area contributed by atoms with Crippen LogP contribution in [0.25, 0.3) is 0 Å². The van der Waals surface area contributed by atoms with Crippen LogP contribution < -0.4 is 5.32 Å². The molecule has 1 unspecified atom stereocenters. The van der Waals surface area contributed by atoms with Crippen molar-refractivity contribution in [3.05, 3.63) is 11.9 Å². The summed E-state index contributed by atoms with van der Waals surface area (Å²) in [5.41, 5.74) is 1.08. The second-order valence-electron chi connectivity index (χ2n) is 6.19. The molecule has 1 fully saturated rings. The van der Waals surface area contributed by atoms with Crippen molar-refractivity contribution in [3.63, 3.8) is 0 Å². The Morgan fingerprint density at radius 2 is 2.15 bits per heavy atom. The molecule has 1 aromatic heterocycles. The lowest BCUT2D eigenvalue weighted by molar-refractivity contribution is 0.190. The molecule has 1 saturated carbocycles. The van der Waals surface area contributed by atoms with Crippen LogP contribution in [-0.2, 0) is 11.3 Å². The summed E-state index contributed by atoms with van der Waals surface area (Å²) in [6.07, 6.45) is 10.5. The van der Waals surface area contributed by atoms with Gasteiger partial charge in [-0.2, -0.15) is 0 Å². The van der Waals surface area contributed by atoms with Crippen molar-refractivity contribution in [2.75, 3.05) is 19.0 Å². The van der Waals surface area contributed by atoms with Crippen LogP contribution >= 0.6 is 0 Å². The van der Waals surface area contributed by atoms with Gasteiger partial charge < -0.3 is 14.6 Å². The molecule has 1 aliphatic carbocycles.